The molecule has 0 unspecified atom stereocenters. The van der Waals surface area contributed by atoms with Gasteiger partial charge >= 0.3 is 0 Å². The molecule has 0 saturated heterocycles. The van der Waals surface area contributed by atoms with Crippen LogP contribution in [0.3, 0.4) is 0 Å². The van der Waals surface area contributed by atoms with Gasteiger partial charge in [-0.25, -0.2) is 4.98 Å². The number of aliphatic hydroxyl groups excluding tert-OH is 1. The molecule has 17 heavy (non-hydrogen) atoms. The van der Waals surface area contributed by atoms with Gasteiger partial charge in [-0.3, -0.25) is 0 Å². The van der Waals surface area contributed by atoms with Gasteiger partial charge < -0.3 is 9.52 Å². The molecule has 0 aliphatic carbocycles. The third kappa shape index (κ3) is 2.65. The minimum atomic E-state index is -0.0965. The molecule has 2 aromatic rings. The molecule has 2 rings (SSSR count). The minimum Gasteiger partial charge on any atom is -0.436 e. The van der Waals surface area contributed by atoms with Crippen LogP contribution in [-0.2, 0) is 6.61 Å². The summed E-state index contributed by atoms with van der Waals surface area (Å²) in [6.07, 6.45) is 0. The summed E-state index contributed by atoms with van der Waals surface area (Å²) in [5, 5.41) is 10.4. The van der Waals surface area contributed by atoms with E-state index in [-0.39, 0.29) is 6.61 Å². The highest BCUT2D eigenvalue weighted by Gasteiger charge is 2.12. The van der Waals surface area contributed by atoms with Crippen molar-refractivity contribution in [2.75, 3.05) is 0 Å². The normalized spacial score (nSPS) is 10.8. The quantitative estimate of drug-likeness (QED) is 0.925. The van der Waals surface area contributed by atoms with Gasteiger partial charge in [-0.2, -0.15) is 0 Å². The van der Waals surface area contributed by atoms with Gasteiger partial charge in [0.15, 0.2) is 0 Å². The Balaban J connectivity index is 2.32. The summed E-state index contributed by atoms with van der Waals surface area (Å²) in [4.78, 5) is 5.14. The summed E-state index contributed by atoms with van der Waals surface area (Å²) < 4.78 is 5.48. The Kier molecular flexibility index (Phi) is 3.76. The Morgan fingerprint density at radius 2 is 2.18 bits per heavy atom. The molecule has 0 bridgehead atoms. The number of aliphatic hydroxyl groups is 1. The van der Waals surface area contributed by atoms with Crippen LogP contribution in [0.4, 0.5) is 0 Å². The molecule has 0 aliphatic heterocycles. The van der Waals surface area contributed by atoms with Crippen LogP contribution >= 0.6 is 23.4 Å². The first kappa shape index (κ1) is 12.5. The first-order valence-electron chi connectivity index (χ1n) is 5.12. The van der Waals surface area contributed by atoms with Crippen LogP contribution < -0.4 is 0 Å². The summed E-state index contributed by atoms with van der Waals surface area (Å²) in [7, 11) is 0. The Bertz CT molecular complexity index is 520. The van der Waals surface area contributed by atoms with E-state index in [0.29, 0.717) is 15.8 Å². The highest BCUT2D eigenvalue weighted by atomic mass is 35.5. The zero-order chi connectivity index (χ0) is 12.4. The molecular weight excluding hydrogens is 258 g/mol. The van der Waals surface area contributed by atoms with Crippen LogP contribution in [0.2, 0.25) is 5.02 Å². The lowest BCUT2D eigenvalue weighted by Crippen LogP contribution is -1.88. The molecule has 1 aromatic carbocycles. The molecule has 1 aromatic heterocycles. The van der Waals surface area contributed by atoms with Crippen LogP contribution in [0.15, 0.2) is 32.7 Å². The topological polar surface area (TPSA) is 46.3 Å². The number of hydrogen-bond acceptors (Lipinski definition) is 4. The maximum Gasteiger partial charge on any atom is 0.261 e. The zero-order valence-corrected chi connectivity index (χ0v) is 11.1. The largest absolute Gasteiger partial charge is 0.436 e. The number of nitrogens with zero attached hydrogens (tertiary/aromatic N) is 1. The van der Waals surface area contributed by atoms with Crippen LogP contribution in [0.1, 0.15) is 17.0 Å². The SMILES string of the molecule is Cc1nc(Sc2cccc(Cl)c2CO)oc1C. The second kappa shape index (κ2) is 5.12. The molecule has 5 heteroatoms. The average Bonchev–Trinajstić information content (AvgIpc) is 2.58. The van der Waals surface area contributed by atoms with Gasteiger partial charge in [0.25, 0.3) is 5.22 Å². The van der Waals surface area contributed by atoms with Crippen molar-refractivity contribution < 1.29 is 9.52 Å². The number of hydrogen-bond donors (Lipinski definition) is 1. The number of halogens is 1. The van der Waals surface area contributed by atoms with Gasteiger partial charge in [0.1, 0.15) is 5.76 Å². The molecule has 0 saturated carbocycles. The Morgan fingerprint density at radius 1 is 1.41 bits per heavy atom. The highest BCUT2D eigenvalue weighted by Crippen LogP contribution is 2.33. The fourth-order valence-corrected chi connectivity index (χ4v) is 2.64. The Morgan fingerprint density at radius 3 is 2.76 bits per heavy atom. The van der Waals surface area contributed by atoms with Crippen molar-refractivity contribution >= 4 is 23.4 Å². The lowest BCUT2D eigenvalue weighted by atomic mass is 10.2. The van der Waals surface area contributed by atoms with Crippen LogP contribution in [0.25, 0.3) is 0 Å². The second-order valence-electron chi connectivity index (χ2n) is 3.60. The summed E-state index contributed by atoms with van der Waals surface area (Å²) in [5.41, 5.74) is 1.58. The van der Waals surface area contributed by atoms with Gasteiger partial charge in [0, 0.05) is 15.5 Å². The number of benzene rings is 1. The average molecular weight is 270 g/mol. The van der Waals surface area contributed by atoms with E-state index in [1.54, 1.807) is 6.07 Å². The number of rotatable bonds is 3. The van der Waals surface area contributed by atoms with Gasteiger partial charge in [-0.1, -0.05) is 17.7 Å². The summed E-state index contributed by atoms with van der Waals surface area (Å²) in [6, 6.07) is 5.48. The standard InChI is InChI=1S/C12H12ClNO2S/c1-7-8(2)16-12(14-7)17-11-5-3-4-10(13)9(11)6-15/h3-5,15H,6H2,1-2H3. The van der Waals surface area contributed by atoms with Crippen molar-refractivity contribution in [1.82, 2.24) is 4.98 Å². The van der Waals surface area contributed by atoms with Crippen molar-refractivity contribution in [1.29, 1.82) is 0 Å². The Hall–Kier alpha value is -0.970. The van der Waals surface area contributed by atoms with Crippen molar-refractivity contribution in [3.8, 4) is 0 Å². The minimum absolute atomic E-state index is 0.0965. The van der Waals surface area contributed by atoms with Gasteiger partial charge in [0.2, 0.25) is 0 Å². The van der Waals surface area contributed by atoms with E-state index in [0.717, 1.165) is 16.3 Å². The molecule has 0 atom stereocenters. The highest BCUT2D eigenvalue weighted by molar-refractivity contribution is 7.99. The molecule has 0 aliphatic rings. The molecule has 3 nitrogen and oxygen atoms in total. The van der Waals surface area contributed by atoms with Crippen molar-refractivity contribution in [3.05, 3.63) is 40.2 Å². The van der Waals surface area contributed by atoms with Crippen molar-refractivity contribution in [2.45, 2.75) is 30.6 Å². The maximum absolute atomic E-state index is 9.29. The van der Waals surface area contributed by atoms with Gasteiger partial charge in [-0.15, -0.1) is 0 Å². The first-order valence-corrected chi connectivity index (χ1v) is 6.31. The van der Waals surface area contributed by atoms with Crippen molar-refractivity contribution in [3.63, 3.8) is 0 Å². The molecule has 0 fully saturated rings. The third-order valence-electron chi connectivity index (χ3n) is 2.44. The predicted molar refractivity (Wildman–Crippen MR) is 67.5 cm³/mol. The number of aryl methyl sites for hydroxylation is 2. The van der Waals surface area contributed by atoms with E-state index in [2.05, 4.69) is 4.98 Å². The second-order valence-corrected chi connectivity index (χ2v) is 5.00. The molecular formula is C12H12ClNO2S. The van der Waals surface area contributed by atoms with E-state index in [4.69, 9.17) is 16.0 Å². The molecule has 90 valence electrons. The molecule has 0 radical (unpaired) electrons. The van der Waals surface area contributed by atoms with E-state index in [1.807, 2.05) is 26.0 Å². The molecule has 0 amide bonds. The monoisotopic (exact) mass is 269 g/mol. The molecule has 1 N–H and O–H groups in total. The zero-order valence-electron chi connectivity index (χ0n) is 9.53. The van der Waals surface area contributed by atoms with Crippen LogP contribution in [-0.4, -0.2) is 10.1 Å². The van der Waals surface area contributed by atoms with Crippen molar-refractivity contribution in [2.24, 2.45) is 0 Å². The lowest BCUT2D eigenvalue weighted by Gasteiger charge is -2.06. The predicted octanol–water partition coefficient (Wildman–Crippen LogP) is 3.59. The van der Waals surface area contributed by atoms with Gasteiger partial charge in [-0.05, 0) is 37.7 Å². The third-order valence-corrected chi connectivity index (χ3v) is 3.75. The molecule has 0 spiro atoms. The summed E-state index contributed by atoms with van der Waals surface area (Å²) in [6.45, 7) is 3.67. The van der Waals surface area contributed by atoms with E-state index >= 15 is 0 Å². The number of aromatic nitrogens is 1. The van der Waals surface area contributed by atoms with Crippen LogP contribution in [0, 0.1) is 13.8 Å². The van der Waals surface area contributed by atoms with Gasteiger partial charge in [0.05, 0.1) is 12.3 Å². The summed E-state index contributed by atoms with van der Waals surface area (Å²) in [5.74, 6) is 0.806. The first-order chi connectivity index (χ1) is 8.11. The lowest BCUT2D eigenvalue weighted by molar-refractivity contribution is 0.279. The number of oxazole rings is 1. The smallest absolute Gasteiger partial charge is 0.261 e. The summed E-state index contributed by atoms with van der Waals surface area (Å²) >= 11 is 7.37. The Labute approximate surface area is 109 Å². The fraction of sp³-hybridized carbons (Fsp3) is 0.250. The van der Waals surface area contributed by atoms with E-state index in [1.165, 1.54) is 11.8 Å². The van der Waals surface area contributed by atoms with Crippen LogP contribution in [0.5, 0.6) is 0 Å². The van der Waals surface area contributed by atoms with E-state index in [9.17, 15) is 5.11 Å². The fourth-order valence-electron chi connectivity index (χ4n) is 1.37. The maximum atomic E-state index is 9.29. The molecule has 1 heterocycles. The van der Waals surface area contributed by atoms with E-state index < -0.39 is 0 Å².